The fourth-order valence-corrected chi connectivity index (χ4v) is 2.76. The van der Waals surface area contributed by atoms with Crippen molar-refractivity contribution in [3.8, 4) is 0 Å². The van der Waals surface area contributed by atoms with E-state index in [-0.39, 0.29) is 18.8 Å². The Kier molecular flexibility index (Phi) is 4.95. The molecule has 0 aromatic carbocycles. The van der Waals surface area contributed by atoms with E-state index in [9.17, 15) is 9.90 Å². The van der Waals surface area contributed by atoms with E-state index in [2.05, 4.69) is 0 Å². The van der Waals surface area contributed by atoms with Gasteiger partial charge in [0.1, 0.15) is 0 Å². The van der Waals surface area contributed by atoms with Gasteiger partial charge in [-0.15, -0.1) is 0 Å². The van der Waals surface area contributed by atoms with E-state index < -0.39 is 11.4 Å². The Bertz CT molecular complexity index is 267. The Hall–Kier alpha value is -0.610. The Labute approximate surface area is 104 Å². The van der Waals surface area contributed by atoms with Crippen LogP contribution in [0.4, 0.5) is 0 Å². The summed E-state index contributed by atoms with van der Waals surface area (Å²) in [7, 11) is 0. The zero-order chi connectivity index (χ0) is 13.1. The minimum atomic E-state index is -0.817. The molecule has 0 radical (unpaired) electrons. The summed E-state index contributed by atoms with van der Waals surface area (Å²) in [5, 5.41) is 9.46. The average molecular weight is 243 g/mol. The molecule has 0 saturated carbocycles. The van der Waals surface area contributed by atoms with Gasteiger partial charge in [-0.2, -0.15) is 0 Å². The lowest BCUT2D eigenvalue weighted by molar-refractivity contribution is -0.152. The maximum Gasteiger partial charge on any atom is 0.311 e. The van der Waals surface area contributed by atoms with Gasteiger partial charge in [-0.3, -0.25) is 4.79 Å². The van der Waals surface area contributed by atoms with Crippen LogP contribution in [0.2, 0.25) is 0 Å². The monoisotopic (exact) mass is 243 g/mol. The summed E-state index contributed by atoms with van der Waals surface area (Å²) < 4.78 is 5.73. The molecule has 1 fully saturated rings. The summed E-state index contributed by atoms with van der Waals surface area (Å²) in [6.45, 7) is 6.29. The van der Waals surface area contributed by atoms with E-state index in [0.29, 0.717) is 18.8 Å². The molecule has 0 aliphatic carbocycles. The summed E-state index contributed by atoms with van der Waals surface area (Å²) >= 11 is 0. The largest absolute Gasteiger partial charge is 0.481 e. The van der Waals surface area contributed by atoms with Crippen LogP contribution in [-0.4, -0.2) is 29.8 Å². The first-order valence-electron chi connectivity index (χ1n) is 6.48. The quantitative estimate of drug-likeness (QED) is 0.748. The lowest BCUT2D eigenvalue weighted by Gasteiger charge is -2.32. The lowest BCUT2D eigenvalue weighted by Crippen LogP contribution is -2.42. The average Bonchev–Trinajstić information content (AvgIpc) is 2.61. The van der Waals surface area contributed by atoms with Crippen molar-refractivity contribution in [1.29, 1.82) is 0 Å². The van der Waals surface area contributed by atoms with Crippen LogP contribution >= 0.6 is 0 Å². The molecule has 100 valence electrons. The molecule has 0 aromatic rings. The van der Waals surface area contributed by atoms with Crippen LogP contribution in [0.1, 0.15) is 46.5 Å². The first kappa shape index (κ1) is 14.5. The van der Waals surface area contributed by atoms with Gasteiger partial charge in [0.15, 0.2) is 0 Å². The topological polar surface area (TPSA) is 72.5 Å². The van der Waals surface area contributed by atoms with E-state index >= 15 is 0 Å². The molecule has 1 aliphatic rings. The molecule has 0 spiro atoms. The smallest absolute Gasteiger partial charge is 0.311 e. The molecule has 4 nitrogen and oxygen atoms in total. The van der Waals surface area contributed by atoms with E-state index in [4.69, 9.17) is 10.5 Å². The highest BCUT2D eigenvalue weighted by Gasteiger charge is 2.41. The van der Waals surface area contributed by atoms with Crippen molar-refractivity contribution in [1.82, 2.24) is 0 Å². The molecule has 1 rings (SSSR count). The fraction of sp³-hybridized carbons (Fsp3) is 0.923. The van der Waals surface area contributed by atoms with Crippen molar-refractivity contribution in [3.63, 3.8) is 0 Å². The van der Waals surface area contributed by atoms with Crippen molar-refractivity contribution in [2.45, 2.75) is 58.7 Å². The summed E-state index contributed by atoms with van der Waals surface area (Å²) in [6.07, 6.45) is 3.45. The third kappa shape index (κ3) is 3.68. The normalized spacial score (nSPS) is 28.3. The second-order valence-electron chi connectivity index (χ2n) is 5.74. The van der Waals surface area contributed by atoms with Crippen LogP contribution in [-0.2, 0) is 9.53 Å². The van der Waals surface area contributed by atoms with Gasteiger partial charge in [-0.05, 0) is 38.5 Å². The van der Waals surface area contributed by atoms with Gasteiger partial charge in [-0.25, -0.2) is 0 Å². The Morgan fingerprint density at radius 1 is 1.53 bits per heavy atom. The van der Waals surface area contributed by atoms with Crippen molar-refractivity contribution < 1.29 is 14.6 Å². The lowest BCUT2D eigenvalue weighted by atomic mass is 9.75. The highest BCUT2D eigenvalue weighted by atomic mass is 16.5. The number of hydrogen-bond acceptors (Lipinski definition) is 3. The van der Waals surface area contributed by atoms with Gasteiger partial charge < -0.3 is 15.6 Å². The Morgan fingerprint density at radius 2 is 2.18 bits per heavy atom. The van der Waals surface area contributed by atoms with Gasteiger partial charge in [0.2, 0.25) is 0 Å². The fourth-order valence-electron chi connectivity index (χ4n) is 2.76. The predicted molar refractivity (Wildman–Crippen MR) is 66.8 cm³/mol. The predicted octanol–water partition coefficient (Wildman–Crippen LogP) is 2.02. The van der Waals surface area contributed by atoms with E-state index in [1.54, 1.807) is 0 Å². The van der Waals surface area contributed by atoms with Crippen molar-refractivity contribution in [2.24, 2.45) is 17.1 Å². The third-order valence-corrected chi connectivity index (χ3v) is 3.58. The van der Waals surface area contributed by atoms with Gasteiger partial charge in [-0.1, -0.05) is 13.8 Å². The number of nitrogens with two attached hydrogens (primary N) is 1. The number of aliphatic carboxylic acids is 1. The highest BCUT2D eigenvalue weighted by molar-refractivity contribution is 5.75. The minimum Gasteiger partial charge on any atom is -0.481 e. The van der Waals surface area contributed by atoms with Crippen LogP contribution in [0, 0.1) is 11.3 Å². The van der Waals surface area contributed by atoms with Crippen LogP contribution in [0.3, 0.4) is 0 Å². The number of ether oxygens (including phenoxy) is 1. The van der Waals surface area contributed by atoms with Gasteiger partial charge in [0, 0.05) is 6.54 Å². The van der Waals surface area contributed by atoms with Crippen LogP contribution < -0.4 is 5.73 Å². The molecule has 0 bridgehead atoms. The Balaban J connectivity index is 2.71. The highest BCUT2D eigenvalue weighted by Crippen LogP contribution is 2.36. The molecule has 4 heteroatoms. The molecule has 1 saturated heterocycles. The molecule has 17 heavy (non-hydrogen) atoms. The number of rotatable bonds is 6. The molecule has 0 aromatic heterocycles. The zero-order valence-electron chi connectivity index (χ0n) is 11.1. The molecule has 1 heterocycles. The molecule has 3 N–H and O–H groups in total. The van der Waals surface area contributed by atoms with Crippen molar-refractivity contribution in [2.75, 3.05) is 6.54 Å². The Morgan fingerprint density at radius 3 is 2.53 bits per heavy atom. The second-order valence-corrected chi connectivity index (χ2v) is 5.74. The first-order valence-corrected chi connectivity index (χ1v) is 6.48. The van der Waals surface area contributed by atoms with E-state index in [1.807, 2.05) is 20.8 Å². The molecule has 3 atom stereocenters. The van der Waals surface area contributed by atoms with Gasteiger partial charge in [0.25, 0.3) is 0 Å². The van der Waals surface area contributed by atoms with E-state index in [0.717, 1.165) is 12.8 Å². The standard InChI is InChI=1S/C13H25NO3/c1-9(2)6-13(8-14,12(15)16)7-11-5-4-10(3)17-11/h9-11H,4-8,14H2,1-3H3,(H,15,16). The van der Waals surface area contributed by atoms with Crippen LogP contribution in [0.5, 0.6) is 0 Å². The molecule has 0 amide bonds. The van der Waals surface area contributed by atoms with Crippen LogP contribution in [0.25, 0.3) is 0 Å². The minimum absolute atomic E-state index is 0.0587. The van der Waals surface area contributed by atoms with Gasteiger partial charge >= 0.3 is 5.97 Å². The second kappa shape index (κ2) is 5.83. The summed E-state index contributed by atoms with van der Waals surface area (Å²) in [5.41, 5.74) is 4.92. The number of carboxylic acids is 1. The van der Waals surface area contributed by atoms with Crippen LogP contribution in [0.15, 0.2) is 0 Å². The number of carboxylic acid groups (broad SMARTS) is 1. The van der Waals surface area contributed by atoms with Crippen molar-refractivity contribution in [3.05, 3.63) is 0 Å². The maximum atomic E-state index is 11.5. The SMILES string of the molecule is CC(C)CC(CN)(CC1CCC(C)O1)C(=O)O. The molecular formula is C13H25NO3. The number of hydrogen-bond donors (Lipinski definition) is 2. The third-order valence-electron chi connectivity index (χ3n) is 3.58. The summed E-state index contributed by atoms with van der Waals surface area (Å²) in [5.74, 6) is -0.453. The molecular weight excluding hydrogens is 218 g/mol. The molecule has 1 aliphatic heterocycles. The van der Waals surface area contributed by atoms with Crippen molar-refractivity contribution >= 4 is 5.97 Å². The van der Waals surface area contributed by atoms with Gasteiger partial charge in [0.05, 0.1) is 17.6 Å². The molecule has 3 unspecified atom stereocenters. The van der Waals surface area contributed by atoms with E-state index in [1.165, 1.54) is 0 Å². The first-order chi connectivity index (χ1) is 7.89. The summed E-state index contributed by atoms with van der Waals surface area (Å²) in [6, 6.07) is 0. The zero-order valence-corrected chi connectivity index (χ0v) is 11.1. The summed E-state index contributed by atoms with van der Waals surface area (Å²) in [4.78, 5) is 11.5. The number of carbonyl (C=O) groups is 1. The maximum absolute atomic E-state index is 11.5.